The van der Waals surface area contributed by atoms with E-state index in [-0.39, 0.29) is 12.3 Å². The fourth-order valence-corrected chi connectivity index (χ4v) is 2.86. The van der Waals surface area contributed by atoms with Gasteiger partial charge in [-0.3, -0.25) is 4.79 Å². The number of benzene rings is 1. The van der Waals surface area contributed by atoms with E-state index in [1.54, 1.807) is 12.1 Å². The Hall–Kier alpha value is -0.810. The molecule has 0 saturated carbocycles. The molecule has 0 radical (unpaired) electrons. The molecule has 0 aliphatic heterocycles. The summed E-state index contributed by atoms with van der Waals surface area (Å²) in [5, 5.41) is 11.0. The second-order valence-corrected chi connectivity index (χ2v) is 4.93. The Morgan fingerprint density at radius 1 is 1.69 bits per heavy atom. The number of nitriles is 1. The van der Waals surface area contributed by atoms with Crippen molar-refractivity contribution < 1.29 is 9.53 Å². The van der Waals surface area contributed by atoms with Gasteiger partial charge in [-0.15, -0.1) is 0 Å². The second-order valence-electron chi connectivity index (χ2n) is 2.85. The number of amides is 1. The van der Waals surface area contributed by atoms with E-state index in [2.05, 4.69) is 43.8 Å². The number of carbonyl (C=O) groups is 1. The minimum absolute atomic E-state index is 0.174. The Morgan fingerprint density at radius 3 is 2.94 bits per heavy atom. The van der Waals surface area contributed by atoms with Gasteiger partial charge in [0.05, 0.1) is 22.4 Å². The zero-order chi connectivity index (χ0) is 12.1. The molecule has 0 aliphatic rings. The fourth-order valence-electron chi connectivity index (χ4n) is 1.13. The molecular formula is C10H8BrIN2O2. The molecule has 0 saturated heterocycles. The van der Waals surface area contributed by atoms with Crippen molar-refractivity contribution in [3.8, 4) is 11.8 Å². The minimum atomic E-state index is -0.352. The SMILES string of the molecule is COc1c(I)cc(Br)cc1NC(=O)CC#N. The zero-order valence-electron chi connectivity index (χ0n) is 8.38. The quantitative estimate of drug-likeness (QED) is 0.801. The van der Waals surface area contributed by atoms with Crippen LogP contribution in [-0.2, 0) is 4.79 Å². The van der Waals surface area contributed by atoms with Crippen LogP contribution in [0.15, 0.2) is 16.6 Å². The van der Waals surface area contributed by atoms with Gasteiger partial charge in [-0.1, -0.05) is 15.9 Å². The first-order chi connectivity index (χ1) is 7.58. The summed E-state index contributed by atoms with van der Waals surface area (Å²) < 4.78 is 6.90. The average molecular weight is 395 g/mol. The van der Waals surface area contributed by atoms with Gasteiger partial charge in [0.1, 0.15) is 6.42 Å². The summed E-state index contributed by atoms with van der Waals surface area (Å²) in [5.41, 5.74) is 0.557. The van der Waals surface area contributed by atoms with Crippen LogP contribution < -0.4 is 10.1 Å². The van der Waals surface area contributed by atoms with Crippen LogP contribution in [0.2, 0.25) is 0 Å². The highest BCUT2D eigenvalue weighted by Crippen LogP contribution is 2.33. The van der Waals surface area contributed by atoms with Crippen molar-refractivity contribution in [3.05, 3.63) is 20.2 Å². The van der Waals surface area contributed by atoms with E-state index in [0.29, 0.717) is 11.4 Å². The highest BCUT2D eigenvalue weighted by atomic mass is 127. The van der Waals surface area contributed by atoms with E-state index < -0.39 is 0 Å². The van der Waals surface area contributed by atoms with Crippen molar-refractivity contribution in [1.29, 1.82) is 5.26 Å². The standard InChI is InChI=1S/C10H8BrIN2O2/c1-16-10-7(12)4-6(11)5-8(10)14-9(15)2-3-13/h4-5H,2H2,1H3,(H,14,15). The summed E-state index contributed by atoms with van der Waals surface area (Å²) in [6.45, 7) is 0. The first-order valence-corrected chi connectivity index (χ1v) is 6.15. The minimum Gasteiger partial charge on any atom is -0.493 e. The number of hydrogen-bond acceptors (Lipinski definition) is 3. The number of carbonyl (C=O) groups excluding carboxylic acids is 1. The predicted octanol–water partition coefficient (Wildman–Crippen LogP) is 2.91. The number of anilines is 1. The first-order valence-electron chi connectivity index (χ1n) is 4.28. The van der Waals surface area contributed by atoms with Crippen molar-refractivity contribution in [2.75, 3.05) is 12.4 Å². The van der Waals surface area contributed by atoms with Crippen LogP contribution in [0.25, 0.3) is 0 Å². The Labute approximate surface area is 115 Å². The van der Waals surface area contributed by atoms with Crippen LogP contribution in [0.4, 0.5) is 5.69 Å². The third-order valence-corrected chi connectivity index (χ3v) is 2.99. The van der Waals surface area contributed by atoms with E-state index in [1.807, 2.05) is 6.07 Å². The lowest BCUT2D eigenvalue weighted by atomic mass is 10.3. The number of methoxy groups -OCH3 is 1. The van der Waals surface area contributed by atoms with Crippen LogP contribution in [0.5, 0.6) is 5.75 Å². The molecular weight excluding hydrogens is 387 g/mol. The highest BCUT2D eigenvalue weighted by Gasteiger charge is 2.11. The fraction of sp³-hybridized carbons (Fsp3) is 0.200. The molecule has 0 spiro atoms. The van der Waals surface area contributed by atoms with Crippen molar-refractivity contribution >= 4 is 50.1 Å². The topological polar surface area (TPSA) is 62.1 Å². The Morgan fingerprint density at radius 2 is 2.38 bits per heavy atom. The lowest BCUT2D eigenvalue weighted by Gasteiger charge is -2.11. The molecule has 6 heteroatoms. The Kier molecular flexibility index (Phi) is 5.02. The molecule has 0 unspecified atom stereocenters. The number of hydrogen-bond donors (Lipinski definition) is 1. The van der Waals surface area contributed by atoms with Gasteiger partial charge in [0.2, 0.25) is 5.91 Å². The van der Waals surface area contributed by atoms with Crippen molar-refractivity contribution in [2.24, 2.45) is 0 Å². The summed E-state index contributed by atoms with van der Waals surface area (Å²) in [6.07, 6.45) is -0.174. The van der Waals surface area contributed by atoms with Crippen LogP contribution in [0, 0.1) is 14.9 Å². The third kappa shape index (κ3) is 3.35. The number of halogens is 2. The largest absolute Gasteiger partial charge is 0.493 e. The molecule has 0 atom stereocenters. The Balaban J connectivity index is 3.03. The first kappa shape index (κ1) is 13.3. The number of nitrogens with one attached hydrogen (secondary N) is 1. The van der Waals surface area contributed by atoms with Crippen LogP contribution in [0.1, 0.15) is 6.42 Å². The number of nitrogens with zero attached hydrogens (tertiary/aromatic N) is 1. The van der Waals surface area contributed by atoms with Crippen molar-refractivity contribution in [1.82, 2.24) is 0 Å². The molecule has 0 heterocycles. The van der Waals surface area contributed by atoms with Crippen LogP contribution in [0.3, 0.4) is 0 Å². The zero-order valence-corrected chi connectivity index (χ0v) is 12.1. The average Bonchev–Trinajstić information content (AvgIpc) is 2.17. The van der Waals surface area contributed by atoms with Gasteiger partial charge in [0.25, 0.3) is 0 Å². The molecule has 4 nitrogen and oxygen atoms in total. The van der Waals surface area contributed by atoms with Gasteiger partial charge in [-0.05, 0) is 34.7 Å². The highest BCUT2D eigenvalue weighted by molar-refractivity contribution is 14.1. The molecule has 0 aromatic heterocycles. The van der Waals surface area contributed by atoms with Crippen molar-refractivity contribution in [2.45, 2.75) is 6.42 Å². The van der Waals surface area contributed by atoms with Gasteiger partial charge in [0, 0.05) is 4.47 Å². The molecule has 84 valence electrons. The second kappa shape index (κ2) is 6.06. The maximum absolute atomic E-state index is 11.3. The predicted molar refractivity (Wildman–Crippen MR) is 72.3 cm³/mol. The molecule has 0 aliphatic carbocycles. The molecule has 1 aromatic rings. The molecule has 0 fully saturated rings. The molecule has 1 amide bonds. The molecule has 1 N–H and O–H groups in total. The number of ether oxygens (including phenoxy) is 1. The lowest BCUT2D eigenvalue weighted by Crippen LogP contribution is -2.11. The van der Waals surface area contributed by atoms with E-state index in [4.69, 9.17) is 10.00 Å². The number of rotatable bonds is 3. The molecule has 1 aromatic carbocycles. The van der Waals surface area contributed by atoms with Gasteiger partial charge >= 0.3 is 0 Å². The van der Waals surface area contributed by atoms with Gasteiger partial charge in [-0.25, -0.2) is 0 Å². The summed E-state index contributed by atoms with van der Waals surface area (Å²) in [7, 11) is 1.53. The monoisotopic (exact) mass is 394 g/mol. The van der Waals surface area contributed by atoms with E-state index in [0.717, 1.165) is 8.04 Å². The molecule has 0 bridgehead atoms. The normalized spacial score (nSPS) is 9.38. The van der Waals surface area contributed by atoms with Crippen molar-refractivity contribution in [3.63, 3.8) is 0 Å². The summed E-state index contributed by atoms with van der Waals surface area (Å²) in [6, 6.07) is 5.39. The maximum Gasteiger partial charge on any atom is 0.238 e. The summed E-state index contributed by atoms with van der Waals surface area (Å²) >= 11 is 5.44. The summed E-state index contributed by atoms with van der Waals surface area (Å²) in [4.78, 5) is 11.3. The van der Waals surface area contributed by atoms with Gasteiger partial charge in [-0.2, -0.15) is 5.26 Å². The van der Waals surface area contributed by atoms with Gasteiger partial charge < -0.3 is 10.1 Å². The molecule has 16 heavy (non-hydrogen) atoms. The molecule has 1 rings (SSSR count). The maximum atomic E-state index is 11.3. The lowest BCUT2D eigenvalue weighted by molar-refractivity contribution is -0.115. The Bertz CT molecular complexity index is 457. The van der Waals surface area contributed by atoms with E-state index in [1.165, 1.54) is 7.11 Å². The van der Waals surface area contributed by atoms with Crippen LogP contribution in [-0.4, -0.2) is 13.0 Å². The third-order valence-electron chi connectivity index (χ3n) is 1.73. The van der Waals surface area contributed by atoms with Crippen LogP contribution >= 0.6 is 38.5 Å². The van der Waals surface area contributed by atoms with E-state index >= 15 is 0 Å². The van der Waals surface area contributed by atoms with Gasteiger partial charge in [0.15, 0.2) is 5.75 Å². The van der Waals surface area contributed by atoms with E-state index in [9.17, 15) is 4.79 Å². The summed E-state index contributed by atoms with van der Waals surface area (Å²) in [5.74, 6) is 0.241. The smallest absolute Gasteiger partial charge is 0.238 e.